The monoisotopic (exact) mass is 418 g/mol. The fourth-order valence-electron chi connectivity index (χ4n) is 2.05. The maximum Gasteiger partial charge on any atom is 0.354 e. The van der Waals surface area contributed by atoms with Gasteiger partial charge in [-0.1, -0.05) is 35.6 Å². The van der Waals surface area contributed by atoms with Crippen LogP contribution in [0.25, 0.3) is 0 Å². The normalized spacial score (nSPS) is 10.7. The van der Waals surface area contributed by atoms with Gasteiger partial charge in [0.1, 0.15) is 9.90 Å². The molecule has 0 aliphatic heterocycles. The smallest absolute Gasteiger partial charge is 0.354 e. The lowest BCUT2D eigenvalue weighted by Crippen LogP contribution is -2.12. The molecule has 0 atom stereocenters. The van der Waals surface area contributed by atoms with E-state index in [1.807, 2.05) is 0 Å². The molecule has 9 heteroatoms. The number of carbonyl (C=O) groups is 1. The number of pyridine rings is 1. The molecule has 0 unspecified atom stereocenters. The average Bonchev–Trinajstić information content (AvgIpc) is 3.08. The number of hydrogen-bond acceptors (Lipinski definition) is 5. The zero-order valence-corrected chi connectivity index (χ0v) is 15.9. The Kier molecular flexibility index (Phi) is 5.46. The van der Waals surface area contributed by atoms with Gasteiger partial charge in [0.05, 0.1) is 10.0 Å². The maximum atomic E-state index is 12.5. The number of aromatic nitrogens is 1. The number of thiophene rings is 1. The summed E-state index contributed by atoms with van der Waals surface area (Å²) in [5, 5.41) is 8.85. The van der Waals surface area contributed by atoms with Crippen molar-refractivity contribution in [3.63, 3.8) is 0 Å². The third kappa shape index (κ3) is 4.65. The molecule has 0 saturated carbocycles. The van der Waals surface area contributed by atoms with E-state index in [2.05, 4.69) is 21.5 Å². The van der Waals surface area contributed by atoms with Crippen molar-refractivity contribution in [2.75, 3.05) is 4.72 Å². The van der Waals surface area contributed by atoms with Crippen LogP contribution < -0.4 is 4.72 Å². The Morgan fingerprint density at radius 3 is 2.52 bits per heavy atom. The molecule has 0 bridgehead atoms. The van der Waals surface area contributed by atoms with Gasteiger partial charge >= 0.3 is 5.97 Å². The van der Waals surface area contributed by atoms with E-state index in [0.717, 1.165) is 11.3 Å². The summed E-state index contributed by atoms with van der Waals surface area (Å²) in [6, 6.07) is 12.5. The topological polar surface area (TPSA) is 96.4 Å². The third-order valence-electron chi connectivity index (χ3n) is 3.31. The average molecular weight is 419 g/mol. The molecule has 3 aromatic rings. The third-order valence-corrected chi connectivity index (χ3v) is 6.40. The summed E-state index contributed by atoms with van der Waals surface area (Å²) < 4.78 is 27.9. The molecule has 3 rings (SSSR count). The van der Waals surface area contributed by atoms with Gasteiger partial charge in [0.25, 0.3) is 10.0 Å². The summed E-state index contributed by atoms with van der Waals surface area (Å²) in [4.78, 5) is 14.6. The number of benzene rings is 1. The molecule has 0 spiro atoms. The van der Waals surface area contributed by atoms with Crippen molar-refractivity contribution in [2.24, 2.45) is 0 Å². The van der Waals surface area contributed by atoms with E-state index in [0.29, 0.717) is 21.2 Å². The second-order valence-electron chi connectivity index (χ2n) is 5.20. The highest BCUT2D eigenvalue weighted by atomic mass is 35.5. The van der Waals surface area contributed by atoms with Gasteiger partial charge in [-0.05, 0) is 36.4 Å². The van der Waals surface area contributed by atoms with Crippen molar-refractivity contribution in [3.05, 3.63) is 75.9 Å². The van der Waals surface area contributed by atoms with Crippen molar-refractivity contribution < 1.29 is 18.3 Å². The SMILES string of the molecule is O=C(O)c1ccc(C#Cc2ccccc2NS(=O)(=O)c2ccc(Cl)s2)cn1. The summed E-state index contributed by atoms with van der Waals surface area (Å²) in [5.74, 6) is 4.59. The molecule has 0 saturated heterocycles. The van der Waals surface area contributed by atoms with E-state index < -0.39 is 16.0 Å². The van der Waals surface area contributed by atoms with E-state index in [1.54, 1.807) is 24.3 Å². The summed E-state index contributed by atoms with van der Waals surface area (Å²) in [7, 11) is -3.77. The Morgan fingerprint density at radius 1 is 1.11 bits per heavy atom. The summed E-state index contributed by atoms with van der Waals surface area (Å²) >= 11 is 6.77. The molecule has 27 heavy (non-hydrogen) atoms. The summed E-state index contributed by atoms with van der Waals surface area (Å²) in [6.45, 7) is 0. The van der Waals surface area contributed by atoms with Crippen LogP contribution in [0.1, 0.15) is 21.6 Å². The highest BCUT2D eigenvalue weighted by Gasteiger charge is 2.17. The molecule has 0 aliphatic rings. The molecule has 0 aliphatic carbocycles. The molecule has 136 valence electrons. The van der Waals surface area contributed by atoms with Crippen LogP contribution in [-0.2, 0) is 10.0 Å². The van der Waals surface area contributed by atoms with E-state index in [9.17, 15) is 13.2 Å². The van der Waals surface area contributed by atoms with Gasteiger partial charge in [-0.3, -0.25) is 4.72 Å². The van der Waals surface area contributed by atoms with Crippen molar-refractivity contribution in [3.8, 4) is 11.8 Å². The molecule has 1 aromatic carbocycles. The molecule has 2 aromatic heterocycles. The number of carboxylic acids is 1. The van der Waals surface area contributed by atoms with Gasteiger partial charge < -0.3 is 5.11 Å². The molecule has 0 radical (unpaired) electrons. The first kappa shape index (κ1) is 18.9. The molecule has 0 fully saturated rings. The number of anilines is 1. The van der Waals surface area contributed by atoms with Crippen LogP contribution in [0.5, 0.6) is 0 Å². The van der Waals surface area contributed by atoms with Crippen LogP contribution >= 0.6 is 22.9 Å². The van der Waals surface area contributed by atoms with Crippen LogP contribution in [-0.4, -0.2) is 24.5 Å². The number of halogens is 1. The maximum absolute atomic E-state index is 12.5. The van der Waals surface area contributed by atoms with Crippen molar-refractivity contribution in [1.82, 2.24) is 4.98 Å². The lowest BCUT2D eigenvalue weighted by atomic mass is 10.1. The fraction of sp³-hybridized carbons (Fsp3) is 0. The van der Waals surface area contributed by atoms with E-state index >= 15 is 0 Å². The zero-order chi connectivity index (χ0) is 19.4. The first-order chi connectivity index (χ1) is 12.8. The lowest BCUT2D eigenvalue weighted by molar-refractivity contribution is 0.0690. The Balaban J connectivity index is 1.88. The van der Waals surface area contributed by atoms with Gasteiger partial charge in [-0.15, -0.1) is 11.3 Å². The Labute approximate surface area is 164 Å². The fourth-order valence-corrected chi connectivity index (χ4v) is 4.61. The van der Waals surface area contributed by atoms with E-state index in [1.165, 1.54) is 30.5 Å². The van der Waals surface area contributed by atoms with Crippen molar-refractivity contribution in [2.45, 2.75) is 4.21 Å². The summed E-state index contributed by atoms with van der Waals surface area (Å²) in [6.07, 6.45) is 1.34. The van der Waals surface area contributed by atoms with Gasteiger partial charge in [0, 0.05) is 17.3 Å². The number of rotatable bonds is 4. The van der Waals surface area contributed by atoms with E-state index in [4.69, 9.17) is 16.7 Å². The van der Waals surface area contributed by atoms with Crippen LogP contribution in [0.2, 0.25) is 4.34 Å². The number of carboxylic acid groups (broad SMARTS) is 1. The largest absolute Gasteiger partial charge is 0.477 e. The van der Waals surface area contributed by atoms with Gasteiger partial charge in [-0.25, -0.2) is 18.2 Å². The van der Waals surface area contributed by atoms with Gasteiger partial charge in [0.15, 0.2) is 0 Å². The molecule has 2 N–H and O–H groups in total. The molecule has 2 heterocycles. The van der Waals surface area contributed by atoms with Gasteiger partial charge in [0.2, 0.25) is 0 Å². The Morgan fingerprint density at radius 2 is 1.89 bits per heavy atom. The summed E-state index contributed by atoms with van der Waals surface area (Å²) in [5.41, 5.74) is 1.21. The minimum absolute atomic E-state index is 0.0803. The predicted octanol–water partition coefficient (Wildman–Crippen LogP) is 3.70. The highest BCUT2D eigenvalue weighted by Crippen LogP contribution is 2.28. The number of sulfonamides is 1. The lowest BCUT2D eigenvalue weighted by Gasteiger charge is -2.08. The number of nitrogens with zero attached hydrogens (tertiary/aromatic N) is 1. The minimum atomic E-state index is -3.77. The predicted molar refractivity (Wildman–Crippen MR) is 104 cm³/mol. The minimum Gasteiger partial charge on any atom is -0.477 e. The first-order valence-electron chi connectivity index (χ1n) is 7.44. The van der Waals surface area contributed by atoms with Crippen LogP contribution in [0.4, 0.5) is 5.69 Å². The van der Waals surface area contributed by atoms with Crippen LogP contribution in [0, 0.1) is 11.8 Å². The van der Waals surface area contributed by atoms with Gasteiger partial charge in [-0.2, -0.15) is 0 Å². The second kappa shape index (κ2) is 7.80. The zero-order valence-electron chi connectivity index (χ0n) is 13.5. The molecular weight excluding hydrogens is 408 g/mol. The van der Waals surface area contributed by atoms with Crippen LogP contribution in [0.3, 0.4) is 0 Å². The number of nitrogens with one attached hydrogen (secondary N) is 1. The number of hydrogen-bond donors (Lipinski definition) is 2. The van der Waals surface area contributed by atoms with E-state index in [-0.39, 0.29) is 9.90 Å². The quantitative estimate of drug-likeness (QED) is 0.630. The highest BCUT2D eigenvalue weighted by molar-refractivity contribution is 7.94. The molecule has 0 amide bonds. The number of aromatic carboxylic acids is 1. The molecular formula is C18H11ClN2O4S2. The standard InChI is InChI=1S/C18H11ClN2O4S2/c19-16-9-10-17(26-16)27(24,25)21-14-4-2-1-3-13(14)7-5-12-6-8-15(18(22)23)20-11-12/h1-4,6,8-11,21H,(H,22,23). The first-order valence-corrected chi connectivity index (χ1v) is 10.1. The molecule has 6 nitrogen and oxygen atoms in total. The Hall–Kier alpha value is -2.86. The van der Waals surface area contributed by atoms with Crippen molar-refractivity contribution >= 4 is 44.6 Å². The number of para-hydroxylation sites is 1. The van der Waals surface area contributed by atoms with Crippen LogP contribution in [0.15, 0.2) is 58.9 Å². The van der Waals surface area contributed by atoms with Crippen molar-refractivity contribution in [1.29, 1.82) is 0 Å². The Bertz CT molecular complexity index is 1160. The second-order valence-corrected chi connectivity index (χ2v) is 8.82.